The zero-order chi connectivity index (χ0) is 19.8. The number of hydrogen-bond acceptors (Lipinski definition) is 4. The number of likely N-dealkylation sites (tertiary alicyclic amines) is 2. The smallest absolute Gasteiger partial charge is 0.321 e. The van der Waals surface area contributed by atoms with Crippen LogP contribution in [0.5, 0.6) is 0 Å². The summed E-state index contributed by atoms with van der Waals surface area (Å²) in [6, 6.07) is 9.30. The van der Waals surface area contributed by atoms with E-state index < -0.39 is 0 Å². The number of ether oxygens (including phenoxy) is 1. The molecule has 7 heteroatoms. The Hall–Kier alpha value is -2.12. The van der Waals surface area contributed by atoms with E-state index in [9.17, 15) is 9.59 Å². The molecule has 2 fully saturated rings. The molecular weight excluding hydrogens is 356 g/mol. The fourth-order valence-corrected chi connectivity index (χ4v) is 3.92. The van der Waals surface area contributed by atoms with Crippen molar-refractivity contribution in [3.8, 4) is 0 Å². The van der Waals surface area contributed by atoms with Crippen molar-refractivity contribution in [3.63, 3.8) is 0 Å². The number of hydrogen-bond donors (Lipinski definition) is 2. The molecule has 0 radical (unpaired) electrons. The Labute approximate surface area is 167 Å². The molecule has 28 heavy (non-hydrogen) atoms. The molecule has 0 spiro atoms. The largest absolute Gasteiger partial charge is 0.378 e. The maximum Gasteiger partial charge on any atom is 0.321 e. The van der Waals surface area contributed by atoms with Crippen LogP contribution >= 0.6 is 0 Å². The van der Waals surface area contributed by atoms with E-state index in [1.165, 1.54) is 0 Å². The molecular formula is C21H32N4O3. The van der Waals surface area contributed by atoms with Gasteiger partial charge in [-0.2, -0.15) is 0 Å². The van der Waals surface area contributed by atoms with Gasteiger partial charge in [-0.25, -0.2) is 4.79 Å². The molecule has 0 bridgehead atoms. The minimum Gasteiger partial charge on any atom is -0.378 e. The summed E-state index contributed by atoms with van der Waals surface area (Å²) in [5, 5.41) is 2.92. The molecule has 0 saturated carbocycles. The van der Waals surface area contributed by atoms with E-state index >= 15 is 0 Å². The molecule has 2 aliphatic rings. The predicted octanol–water partition coefficient (Wildman–Crippen LogP) is 2.29. The topological polar surface area (TPSA) is 87.9 Å². The highest BCUT2D eigenvalue weighted by molar-refractivity contribution is 5.90. The lowest BCUT2D eigenvalue weighted by Crippen LogP contribution is -2.50. The van der Waals surface area contributed by atoms with Gasteiger partial charge in [-0.3, -0.25) is 4.79 Å². The summed E-state index contributed by atoms with van der Waals surface area (Å²) in [4.78, 5) is 29.2. The summed E-state index contributed by atoms with van der Waals surface area (Å²) in [7, 11) is 0. The lowest BCUT2D eigenvalue weighted by atomic mass is 9.95. The van der Waals surface area contributed by atoms with Crippen LogP contribution in [-0.2, 0) is 9.53 Å². The molecule has 1 aromatic rings. The SMILES string of the molecule is NCCCOC1CCN(C(=O)C2CCCN(C(=O)Nc3ccccc3)C2)CC1. The maximum absolute atomic E-state index is 13.0. The van der Waals surface area contributed by atoms with Crippen LogP contribution in [0.3, 0.4) is 0 Å². The molecule has 0 aliphatic carbocycles. The number of benzene rings is 1. The number of amides is 3. The first-order valence-electron chi connectivity index (χ1n) is 10.4. The molecule has 2 aliphatic heterocycles. The summed E-state index contributed by atoms with van der Waals surface area (Å²) in [6.07, 6.45) is 4.57. The van der Waals surface area contributed by atoms with Crippen molar-refractivity contribution >= 4 is 17.6 Å². The maximum atomic E-state index is 13.0. The Kier molecular flexibility index (Phi) is 7.68. The number of anilines is 1. The molecule has 7 nitrogen and oxygen atoms in total. The number of carbonyl (C=O) groups is 2. The Morgan fingerprint density at radius 2 is 1.82 bits per heavy atom. The van der Waals surface area contributed by atoms with Crippen LogP contribution in [0.1, 0.15) is 32.1 Å². The molecule has 154 valence electrons. The second kappa shape index (κ2) is 10.4. The van der Waals surface area contributed by atoms with Gasteiger partial charge in [0.1, 0.15) is 0 Å². The predicted molar refractivity (Wildman–Crippen MR) is 109 cm³/mol. The minimum atomic E-state index is -0.129. The van der Waals surface area contributed by atoms with E-state index in [2.05, 4.69) is 5.32 Å². The first kappa shape index (κ1) is 20.6. The molecule has 3 amide bonds. The van der Waals surface area contributed by atoms with Gasteiger partial charge >= 0.3 is 6.03 Å². The number of nitrogens with two attached hydrogens (primary N) is 1. The molecule has 0 aromatic heterocycles. The number of rotatable bonds is 6. The summed E-state index contributed by atoms with van der Waals surface area (Å²) < 4.78 is 5.82. The molecule has 1 unspecified atom stereocenters. The monoisotopic (exact) mass is 388 g/mol. The quantitative estimate of drug-likeness (QED) is 0.732. The van der Waals surface area contributed by atoms with Crippen LogP contribution in [0.15, 0.2) is 30.3 Å². The van der Waals surface area contributed by atoms with Crippen molar-refractivity contribution in [3.05, 3.63) is 30.3 Å². The molecule has 1 aromatic carbocycles. The van der Waals surface area contributed by atoms with E-state index in [4.69, 9.17) is 10.5 Å². The summed E-state index contributed by atoms with van der Waals surface area (Å²) in [5.74, 6) is 0.0719. The van der Waals surface area contributed by atoms with Crippen molar-refractivity contribution in [1.82, 2.24) is 9.80 Å². The third kappa shape index (κ3) is 5.69. The average Bonchev–Trinajstić information content (AvgIpc) is 2.75. The number of nitrogens with zero attached hydrogens (tertiary/aromatic N) is 2. The van der Waals surface area contributed by atoms with Gasteiger partial charge in [-0.15, -0.1) is 0 Å². The fourth-order valence-electron chi connectivity index (χ4n) is 3.92. The zero-order valence-corrected chi connectivity index (χ0v) is 16.5. The average molecular weight is 389 g/mol. The van der Waals surface area contributed by atoms with Crippen LogP contribution in [-0.4, -0.2) is 67.2 Å². The Bertz CT molecular complexity index is 632. The fraction of sp³-hybridized carbons (Fsp3) is 0.619. The standard InChI is InChI=1S/C21H32N4O3/c22-11-5-15-28-19-9-13-24(14-10-19)20(26)17-6-4-12-25(16-17)21(27)23-18-7-2-1-3-8-18/h1-3,7-8,17,19H,4-6,9-16,22H2,(H,23,27). The van der Waals surface area contributed by atoms with Crippen molar-refractivity contribution in [2.75, 3.05) is 44.6 Å². The summed E-state index contributed by atoms with van der Waals surface area (Å²) >= 11 is 0. The van der Waals surface area contributed by atoms with Gasteiger partial charge in [0, 0.05) is 38.5 Å². The number of urea groups is 1. The van der Waals surface area contributed by atoms with E-state index in [1.54, 1.807) is 4.90 Å². The van der Waals surface area contributed by atoms with Gasteiger partial charge in [0.15, 0.2) is 0 Å². The van der Waals surface area contributed by atoms with Crippen LogP contribution in [0.4, 0.5) is 10.5 Å². The van der Waals surface area contributed by atoms with Gasteiger partial charge in [-0.05, 0) is 50.8 Å². The first-order valence-corrected chi connectivity index (χ1v) is 10.4. The number of nitrogens with one attached hydrogen (secondary N) is 1. The van der Waals surface area contributed by atoms with Crippen LogP contribution in [0, 0.1) is 5.92 Å². The van der Waals surface area contributed by atoms with E-state index in [-0.39, 0.29) is 24.0 Å². The Morgan fingerprint density at radius 1 is 1.07 bits per heavy atom. The van der Waals surface area contributed by atoms with Gasteiger partial charge in [0.2, 0.25) is 5.91 Å². The number of carbonyl (C=O) groups excluding carboxylic acids is 2. The van der Waals surface area contributed by atoms with Crippen molar-refractivity contribution < 1.29 is 14.3 Å². The van der Waals surface area contributed by atoms with E-state index in [1.807, 2.05) is 35.2 Å². The van der Waals surface area contributed by atoms with Gasteiger partial charge in [-0.1, -0.05) is 18.2 Å². The molecule has 3 N–H and O–H groups in total. The second-order valence-corrected chi connectivity index (χ2v) is 7.62. The Balaban J connectivity index is 1.46. The van der Waals surface area contributed by atoms with Crippen LogP contribution < -0.4 is 11.1 Å². The van der Waals surface area contributed by atoms with Gasteiger partial charge < -0.3 is 25.6 Å². The third-order valence-corrected chi connectivity index (χ3v) is 5.54. The third-order valence-electron chi connectivity index (χ3n) is 5.54. The molecule has 3 rings (SSSR count). The lowest BCUT2D eigenvalue weighted by molar-refractivity contribution is -0.139. The van der Waals surface area contributed by atoms with Crippen molar-refractivity contribution in [2.24, 2.45) is 11.7 Å². The van der Waals surface area contributed by atoms with Crippen molar-refractivity contribution in [2.45, 2.75) is 38.2 Å². The summed E-state index contributed by atoms with van der Waals surface area (Å²) in [6.45, 7) is 4.00. The first-order chi connectivity index (χ1) is 13.7. The summed E-state index contributed by atoms with van der Waals surface area (Å²) in [5.41, 5.74) is 6.27. The number of piperidine rings is 2. The Morgan fingerprint density at radius 3 is 2.54 bits per heavy atom. The highest BCUT2D eigenvalue weighted by atomic mass is 16.5. The molecule has 1 atom stereocenters. The van der Waals surface area contributed by atoms with Gasteiger partial charge in [0.25, 0.3) is 0 Å². The normalized spacial score (nSPS) is 20.8. The van der Waals surface area contributed by atoms with Crippen molar-refractivity contribution in [1.29, 1.82) is 0 Å². The van der Waals surface area contributed by atoms with Crippen LogP contribution in [0.25, 0.3) is 0 Å². The van der Waals surface area contributed by atoms with Gasteiger partial charge in [0.05, 0.1) is 12.0 Å². The highest BCUT2D eigenvalue weighted by Gasteiger charge is 2.33. The lowest BCUT2D eigenvalue weighted by Gasteiger charge is -2.37. The number of para-hydroxylation sites is 1. The van der Waals surface area contributed by atoms with E-state index in [0.717, 1.165) is 50.9 Å². The zero-order valence-electron chi connectivity index (χ0n) is 16.5. The highest BCUT2D eigenvalue weighted by Crippen LogP contribution is 2.23. The molecule has 2 heterocycles. The van der Waals surface area contributed by atoms with E-state index in [0.29, 0.717) is 26.2 Å². The second-order valence-electron chi connectivity index (χ2n) is 7.62. The molecule has 2 saturated heterocycles. The minimum absolute atomic E-state index is 0.106. The van der Waals surface area contributed by atoms with Crippen LogP contribution in [0.2, 0.25) is 0 Å².